The minimum absolute atomic E-state index is 0.00753. The standard InChI is InChI=1S/C21H26F2O2/c1-19(2,3)15-11-13(7-9-17(15)24)21(22,23)14-8-10-18(25)16(12-14)20(4,5)6/h7-12,24-25H,1-6H3. The van der Waals surface area contributed by atoms with Crippen LogP contribution in [-0.2, 0) is 16.8 Å². The molecule has 0 unspecified atom stereocenters. The third-order valence-corrected chi connectivity index (χ3v) is 4.33. The Morgan fingerprint density at radius 3 is 1.24 bits per heavy atom. The Kier molecular flexibility index (Phi) is 4.62. The van der Waals surface area contributed by atoms with Gasteiger partial charge in [-0.05, 0) is 58.4 Å². The maximum atomic E-state index is 15.1. The molecule has 2 aromatic carbocycles. The molecule has 0 aliphatic carbocycles. The van der Waals surface area contributed by atoms with Crippen molar-refractivity contribution in [2.75, 3.05) is 0 Å². The molecule has 2 nitrogen and oxygen atoms in total. The minimum atomic E-state index is -3.23. The van der Waals surface area contributed by atoms with Gasteiger partial charge in [0.15, 0.2) is 0 Å². The van der Waals surface area contributed by atoms with Crippen LogP contribution >= 0.6 is 0 Å². The Hall–Kier alpha value is -2.10. The molecule has 0 bridgehead atoms. The molecule has 0 spiro atoms. The third-order valence-electron chi connectivity index (χ3n) is 4.33. The molecule has 0 aliphatic heterocycles. The normalized spacial score (nSPS) is 13.1. The van der Waals surface area contributed by atoms with Crippen molar-refractivity contribution >= 4 is 0 Å². The molecule has 0 aromatic heterocycles. The van der Waals surface area contributed by atoms with E-state index in [0.717, 1.165) is 0 Å². The van der Waals surface area contributed by atoms with Gasteiger partial charge in [0.2, 0.25) is 0 Å². The zero-order valence-electron chi connectivity index (χ0n) is 15.6. The second kappa shape index (κ2) is 6.01. The van der Waals surface area contributed by atoms with Crippen molar-refractivity contribution in [3.8, 4) is 11.5 Å². The maximum Gasteiger partial charge on any atom is 0.298 e. The van der Waals surface area contributed by atoms with Crippen LogP contribution in [0.15, 0.2) is 36.4 Å². The average Bonchev–Trinajstić information content (AvgIpc) is 2.45. The highest BCUT2D eigenvalue weighted by atomic mass is 19.3. The highest BCUT2D eigenvalue weighted by molar-refractivity contribution is 5.47. The van der Waals surface area contributed by atoms with E-state index in [9.17, 15) is 10.2 Å². The first kappa shape index (κ1) is 19.2. The van der Waals surface area contributed by atoms with E-state index in [1.54, 1.807) is 0 Å². The van der Waals surface area contributed by atoms with Gasteiger partial charge in [-0.25, -0.2) is 0 Å². The van der Waals surface area contributed by atoms with Gasteiger partial charge in [-0.2, -0.15) is 8.78 Å². The molecule has 0 atom stereocenters. The molecule has 0 radical (unpaired) electrons. The van der Waals surface area contributed by atoms with E-state index >= 15 is 8.78 Å². The van der Waals surface area contributed by atoms with Crippen LogP contribution in [-0.4, -0.2) is 10.2 Å². The summed E-state index contributed by atoms with van der Waals surface area (Å²) in [6.07, 6.45) is 0. The molecule has 0 fully saturated rings. The fourth-order valence-corrected chi connectivity index (χ4v) is 2.83. The van der Waals surface area contributed by atoms with Gasteiger partial charge < -0.3 is 10.2 Å². The second-order valence-electron chi connectivity index (χ2n) is 8.54. The van der Waals surface area contributed by atoms with Crippen molar-refractivity contribution < 1.29 is 19.0 Å². The van der Waals surface area contributed by atoms with E-state index in [1.165, 1.54) is 36.4 Å². The predicted molar refractivity (Wildman–Crippen MR) is 96.6 cm³/mol. The lowest BCUT2D eigenvalue weighted by molar-refractivity contribution is 0.0424. The lowest BCUT2D eigenvalue weighted by Crippen LogP contribution is -2.20. The quantitative estimate of drug-likeness (QED) is 0.716. The fraction of sp³-hybridized carbons (Fsp3) is 0.429. The van der Waals surface area contributed by atoms with Crippen molar-refractivity contribution in [2.24, 2.45) is 0 Å². The number of rotatable bonds is 2. The molecule has 136 valence electrons. The van der Waals surface area contributed by atoms with E-state index < -0.39 is 16.8 Å². The molecule has 0 aliphatic rings. The Morgan fingerprint density at radius 2 is 0.960 bits per heavy atom. The zero-order chi connectivity index (χ0) is 19.2. The molecule has 0 heterocycles. The predicted octanol–water partition coefficient (Wildman–Crippen LogP) is 5.83. The molecule has 0 amide bonds. The largest absolute Gasteiger partial charge is 0.508 e. The van der Waals surface area contributed by atoms with Crippen molar-refractivity contribution in [1.29, 1.82) is 0 Å². The van der Waals surface area contributed by atoms with Crippen LogP contribution in [0.4, 0.5) is 8.78 Å². The van der Waals surface area contributed by atoms with Gasteiger partial charge in [-0.3, -0.25) is 0 Å². The van der Waals surface area contributed by atoms with Crippen LogP contribution in [0.2, 0.25) is 0 Å². The molecule has 4 heteroatoms. The number of hydrogen-bond donors (Lipinski definition) is 2. The summed E-state index contributed by atoms with van der Waals surface area (Å²) < 4.78 is 30.2. The first-order chi connectivity index (χ1) is 11.2. The van der Waals surface area contributed by atoms with Gasteiger partial charge in [-0.1, -0.05) is 41.5 Å². The van der Waals surface area contributed by atoms with Crippen molar-refractivity contribution in [3.63, 3.8) is 0 Å². The number of hydrogen-bond acceptors (Lipinski definition) is 2. The van der Waals surface area contributed by atoms with E-state index in [4.69, 9.17) is 0 Å². The minimum Gasteiger partial charge on any atom is -0.508 e. The van der Waals surface area contributed by atoms with Gasteiger partial charge >= 0.3 is 0 Å². The molecule has 2 N–H and O–H groups in total. The van der Waals surface area contributed by atoms with Crippen LogP contribution in [0, 0.1) is 0 Å². The van der Waals surface area contributed by atoms with E-state index in [-0.39, 0.29) is 22.6 Å². The number of alkyl halides is 2. The van der Waals surface area contributed by atoms with Crippen LogP contribution in [0.1, 0.15) is 63.8 Å². The molecular formula is C21H26F2O2. The van der Waals surface area contributed by atoms with Crippen molar-refractivity contribution in [1.82, 2.24) is 0 Å². The number of halogens is 2. The first-order valence-electron chi connectivity index (χ1n) is 8.30. The lowest BCUT2D eigenvalue weighted by atomic mass is 9.82. The molecule has 0 saturated carbocycles. The van der Waals surface area contributed by atoms with E-state index in [2.05, 4.69) is 0 Å². The zero-order valence-corrected chi connectivity index (χ0v) is 15.6. The molecule has 2 rings (SSSR count). The van der Waals surface area contributed by atoms with Gasteiger partial charge in [0.25, 0.3) is 5.92 Å². The Bertz CT molecular complexity index is 716. The summed E-state index contributed by atoms with van der Waals surface area (Å²) in [7, 11) is 0. The average molecular weight is 348 g/mol. The monoisotopic (exact) mass is 348 g/mol. The number of benzene rings is 2. The van der Waals surface area contributed by atoms with Crippen LogP contribution in [0.25, 0.3) is 0 Å². The Balaban J connectivity index is 2.60. The van der Waals surface area contributed by atoms with Crippen molar-refractivity contribution in [2.45, 2.75) is 58.3 Å². The number of phenolic OH excluding ortho intramolecular Hbond substituents is 2. The van der Waals surface area contributed by atoms with E-state index in [1.807, 2.05) is 41.5 Å². The molecule has 2 aromatic rings. The van der Waals surface area contributed by atoms with Crippen molar-refractivity contribution in [3.05, 3.63) is 58.7 Å². The number of phenols is 2. The molecule has 25 heavy (non-hydrogen) atoms. The molecule has 0 saturated heterocycles. The van der Waals surface area contributed by atoms with Crippen LogP contribution in [0.5, 0.6) is 11.5 Å². The smallest absolute Gasteiger partial charge is 0.298 e. The summed E-state index contributed by atoms with van der Waals surface area (Å²) >= 11 is 0. The highest BCUT2D eigenvalue weighted by Crippen LogP contribution is 2.42. The van der Waals surface area contributed by atoms with Gasteiger partial charge in [0, 0.05) is 11.1 Å². The SMILES string of the molecule is CC(C)(C)c1cc(C(F)(F)c2ccc(O)c(C(C)(C)C)c2)ccc1O. The molecular weight excluding hydrogens is 322 g/mol. The topological polar surface area (TPSA) is 40.5 Å². The van der Waals surface area contributed by atoms with Gasteiger partial charge in [-0.15, -0.1) is 0 Å². The summed E-state index contributed by atoms with van der Waals surface area (Å²) in [5.41, 5.74) is -0.329. The number of aromatic hydroxyl groups is 2. The first-order valence-corrected chi connectivity index (χ1v) is 8.30. The maximum absolute atomic E-state index is 15.1. The third kappa shape index (κ3) is 3.78. The highest BCUT2D eigenvalue weighted by Gasteiger charge is 2.36. The summed E-state index contributed by atoms with van der Waals surface area (Å²) in [6.45, 7) is 11.2. The Morgan fingerprint density at radius 1 is 0.640 bits per heavy atom. The second-order valence-corrected chi connectivity index (χ2v) is 8.54. The van der Waals surface area contributed by atoms with Gasteiger partial charge in [0.05, 0.1) is 0 Å². The summed E-state index contributed by atoms with van der Waals surface area (Å²) in [6, 6.07) is 7.84. The summed E-state index contributed by atoms with van der Waals surface area (Å²) in [5.74, 6) is -3.22. The summed E-state index contributed by atoms with van der Waals surface area (Å²) in [5, 5.41) is 20.0. The van der Waals surface area contributed by atoms with Crippen LogP contribution < -0.4 is 0 Å². The Labute approximate surface area is 148 Å². The summed E-state index contributed by atoms with van der Waals surface area (Å²) in [4.78, 5) is 0. The van der Waals surface area contributed by atoms with Crippen LogP contribution in [0.3, 0.4) is 0 Å². The van der Waals surface area contributed by atoms with E-state index in [0.29, 0.717) is 11.1 Å². The lowest BCUT2D eigenvalue weighted by Gasteiger charge is -2.26. The fourth-order valence-electron chi connectivity index (χ4n) is 2.83. The van der Waals surface area contributed by atoms with Gasteiger partial charge in [0.1, 0.15) is 11.5 Å².